The second-order valence-electron chi connectivity index (χ2n) is 8.14. The van der Waals surface area contributed by atoms with Crippen molar-refractivity contribution in [3.05, 3.63) is 77.9 Å². The molecule has 1 saturated heterocycles. The number of benzene rings is 3. The van der Waals surface area contributed by atoms with Crippen molar-refractivity contribution >= 4 is 28.4 Å². The van der Waals surface area contributed by atoms with Crippen LogP contribution in [0.25, 0.3) is 22.0 Å². The Bertz CT molecular complexity index is 1280. The number of rotatable bonds is 5. The third kappa shape index (κ3) is 4.25. The lowest BCUT2D eigenvalue weighted by Crippen LogP contribution is -2.23. The maximum absolute atomic E-state index is 9.07. The molecule has 1 fully saturated rings. The average Bonchev–Trinajstić information content (AvgIpc) is 3.33. The molecule has 158 valence electrons. The van der Waals surface area contributed by atoms with Crippen LogP contribution in [0.2, 0.25) is 0 Å². The predicted molar refractivity (Wildman–Crippen MR) is 129 cm³/mol. The molecule has 6 nitrogen and oxygen atoms in total. The summed E-state index contributed by atoms with van der Waals surface area (Å²) in [4.78, 5) is 9.63. The van der Waals surface area contributed by atoms with Crippen LogP contribution in [-0.2, 0) is 0 Å². The van der Waals surface area contributed by atoms with E-state index < -0.39 is 0 Å². The van der Waals surface area contributed by atoms with Crippen LogP contribution >= 0.6 is 0 Å². The summed E-state index contributed by atoms with van der Waals surface area (Å²) in [6.45, 7) is 4.01. The standard InChI is InChI=1S/C26H24N6/c1-17-2-9-21(10-3-17)30-26-31-24-14-20(19-6-4-18(15-27)5-7-19)8-11-23(24)25(32-26)29-22-12-13-28-16-22/h2-11,14,22,28H,12-13,16H2,1H3,(H2,29,30,31,32)/t22-/m0/s1. The van der Waals surface area contributed by atoms with Crippen molar-refractivity contribution in [3.63, 3.8) is 0 Å². The largest absolute Gasteiger partial charge is 0.365 e. The van der Waals surface area contributed by atoms with Crippen LogP contribution in [0.1, 0.15) is 17.5 Å². The van der Waals surface area contributed by atoms with Gasteiger partial charge in [-0.05, 0) is 67.4 Å². The third-order valence-corrected chi connectivity index (χ3v) is 5.75. The summed E-state index contributed by atoms with van der Waals surface area (Å²) in [5.41, 5.74) is 5.77. The minimum Gasteiger partial charge on any atom is -0.365 e. The van der Waals surface area contributed by atoms with Gasteiger partial charge in [0, 0.05) is 23.7 Å². The summed E-state index contributed by atoms with van der Waals surface area (Å²) >= 11 is 0. The van der Waals surface area contributed by atoms with Gasteiger partial charge in [-0.25, -0.2) is 4.98 Å². The number of fused-ring (bicyclic) bond motifs is 1. The fraction of sp³-hybridized carbons (Fsp3) is 0.192. The molecule has 3 N–H and O–H groups in total. The molecule has 3 aromatic carbocycles. The molecular weight excluding hydrogens is 396 g/mol. The monoisotopic (exact) mass is 420 g/mol. The maximum atomic E-state index is 9.07. The van der Waals surface area contributed by atoms with Gasteiger partial charge in [0.1, 0.15) is 5.82 Å². The van der Waals surface area contributed by atoms with E-state index >= 15 is 0 Å². The van der Waals surface area contributed by atoms with Gasteiger partial charge in [-0.3, -0.25) is 0 Å². The van der Waals surface area contributed by atoms with Crippen LogP contribution in [0, 0.1) is 18.3 Å². The highest BCUT2D eigenvalue weighted by Gasteiger charge is 2.17. The summed E-state index contributed by atoms with van der Waals surface area (Å²) in [5.74, 6) is 1.40. The summed E-state index contributed by atoms with van der Waals surface area (Å²) in [6.07, 6.45) is 1.07. The molecular formula is C26H24N6. The van der Waals surface area contributed by atoms with Crippen molar-refractivity contribution in [2.75, 3.05) is 23.7 Å². The molecule has 1 atom stereocenters. The Hall–Kier alpha value is -3.95. The number of aryl methyl sites for hydroxylation is 1. The third-order valence-electron chi connectivity index (χ3n) is 5.75. The molecule has 4 aromatic rings. The van der Waals surface area contributed by atoms with Crippen LogP contribution in [0.15, 0.2) is 66.7 Å². The van der Waals surface area contributed by atoms with Gasteiger partial charge in [-0.2, -0.15) is 10.2 Å². The van der Waals surface area contributed by atoms with Crippen molar-refractivity contribution in [1.29, 1.82) is 5.26 Å². The molecule has 2 heterocycles. The number of nitrogens with one attached hydrogen (secondary N) is 3. The van der Waals surface area contributed by atoms with E-state index in [4.69, 9.17) is 15.2 Å². The van der Waals surface area contributed by atoms with Gasteiger partial charge < -0.3 is 16.0 Å². The Kier molecular flexibility index (Phi) is 5.40. The highest BCUT2D eigenvalue weighted by Crippen LogP contribution is 2.29. The summed E-state index contributed by atoms with van der Waals surface area (Å²) < 4.78 is 0. The van der Waals surface area contributed by atoms with Gasteiger partial charge in [0.2, 0.25) is 5.95 Å². The smallest absolute Gasteiger partial charge is 0.229 e. The van der Waals surface area contributed by atoms with Crippen molar-refractivity contribution < 1.29 is 0 Å². The van der Waals surface area contributed by atoms with E-state index in [9.17, 15) is 0 Å². The lowest BCUT2D eigenvalue weighted by atomic mass is 10.0. The lowest BCUT2D eigenvalue weighted by Gasteiger charge is -2.16. The molecule has 0 spiro atoms. The van der Waals surface area contributed by atoms with E-state index in [1.54, 1.807) is 0 Å². The number of hydrogen-bond donors (Lipinski definition) is 3. The summed E-state index contributed by atoms with van der Waals surface area (Å²) in [7, 11) is 0. The van der Waals surface area contributed by atoms with Crippen molar-refractivity contribution in [1.82, 2.24) is 15.3 Å². The van der Waals surface area contributed by atoms with Gasteiger partial charge in [0.15, 0.2) is 0 Å². The lowest BCUT2D eigenvalue weighted by molar-refractivity contribution is 0.789. The van der Waals surface area contributed by atoms with Gasteiger partial charge >= 0.3 is 0 Å². The number of nitriles is 1. The highest BCUT2D eigenvalue weighted by molar-refractivity contribution is 5.93. The zero-order valence-electron chi connectivity index (χ0n) is 17.9. The van der Waals surface area contributed by atoms with Crippen LogP contribution < -0.4 is 16.0 Å². The van der Waals surface area contributed by atoms with E-state index in [-0.39, 0.29) is 0 Å². The quantitative estimate of drug-likeness (QED) is 0.422. The number of anilines is 3. The molecule has 0 aliphatic carbocycles. The minimum atomic E-state index is 0.346. The first-order valence-corrected chi connectivity index (χ1v) is 10.8. The second-order valence-corrected chi connectivity index (χ2v) is 8.14. The maximum Gasteiger partial charge on any atom is 0.229 e. The summed E-state index contributed by atoms with van der Waals surface area (Å²) in [6, 6.07) is 24.6. The van der Waals surface area contributed by atoms with Crippen LogP contribution in [0.5, 0.6) is 0 Å². The Morgan fingerprint density at radius 3 is 2.47 bits per heavy atom. The fourth-order valence-electron chi connectivity index (χ4n) is 3.95. The Morgan fingerprint density at radius 2 is 1.75 bits per heavy atom. The summed E-state index contributed by atoms with van der Waals surface area (Å²) in [5, 5.41) is 20.4. The van der Waals surface area contributed by atoms with Crippen LogP contribution in [0.3, 0.4) is 0 Å². The highest BCUT2D eigenvalue weighted by atomic mass is 15.2. The molecule has 1 aliphatic heterocycles. The second kappa shape index (κ2) is 8.66. The molecule has 0 saturated carbocycles. The van der Waals surface area contributed by atoms with Gasteiger partial charge in [-0.15, -0.1) is 0 Å². The van der Waals surface area contributed by atoms with E-state index in [0.29, 0.717) is 17.6 Å². The molecule has 0 unspecified atom stereocenters. The molecule has 1 aromatic heterocycles. The molecule has 0 radical (unpaired) electrons. The van der Waals surface area contributed by atoms with Gasteiger partial charge in [0.05, 0.1) is 17.1 Å². The average molecular weight is 421 g/mol. The van der Waals surface area contributed by atoms with Crippen molar-refractivity contribution in [3.8, 4) is 17.2 Å². The Morgan fingerprint density at radius 1 is 0.969 bits per heavy atom. The number of hydrogen-bond acceptors (Lipinski definition) is 6. The SMILES string of the molecule is Cc1ccc(Nc2nc(N[C@H]3CCNC3)c3ccc(-c4ccc(C#N)cc4)cc3n2)cc1. The van der Waals surface area contributed by atoms with Crippen molar-refractivity contribution in [2.45, 2.75) is 19.4 Å². The van der Waals surface area contributed by atoms with E-state index in [1.165, 1.54) is 5.56 Å². The first-order chi connectivity index (χ1) is 15.7. The van der Waals surface area contributed by atoms with E-state index in [2.05, 4.69) is 59.3 Å². The number of nitrogens with zero attached hydrogens (tertiary/aromatic N) is 3. The molecule has 0 amide bonds. The first-order valence-electron chi connectivity index (χ1n) is 10.8. The van der Waals surface area contributed by atoms with Crippen molar-refractivity contribution in [2.24, 2.45) is 0 Å². The Balaban J connectivity index is 1.55. The van der Waals surface area contributed by atoms with Crippen LogP contribution in [-0.4, -0.2) is 29.1 Å². The first kappa shape index (κ1) is 20.0. The van der Waals surface area contributed by atoms with Crippen LogP contribution in [0.4, 0.5) is 17.5 Å². The molecule has 6 heteroatoms. The predicted octanol–water partition coefficient (Wildman–Crippen LogP) is 4.99. The fourth-order valence-corrected chi connectivity index (χ4v) is 3.95. The molecule has 32 heavy (non-hydrogen) atoms. The zero-order chi connectivity index (χ0) is 21.9. The Labute approximate surface area is 187 Å². The van der Waals surface area contributed by atoms with Gasteiger partial charge in [0.25, 0.3) is 0 Å². The molecule has 0 bridgehead atoms. The van der Waals surface area contributed by atoms with Gasteiger partial charge in [-0.1, -0.05) is 35.9 Å². The zero-order valence-corrected chi connectivity index (χ0v) is 17.9. The minimum absolute atomic E-state index is 0.346. The molecule has 5 rings (SSSR count). The molecule has 1 aliphatic rings. The topological polar surface area (TPSA) is 85.7 Å². The number of aromatic nitrogens is 2. The van der Waals surface area contributed by atoms with E-state index in [1.807, 2.05) is 36.4 Å². The normalized spacial score (nSPS) is 15.4. The van der Waals surface area contributed by atoms with E-state index in [0.717, 1.165) is 53.0 Å².